The summed E-state index contributed by atoms with van der Waals surface area (Å²) in [7, 11) is 1.60. The molecule has 114 valence electrons. The zero-order chi connectivity index (χ0) is 14.9. The van der Waals surface area contributed by atoms with Crippen molar-refractivity contribution in [2.45, 2.75) is 37.3 Å². The minimum atomic E-state index is -0.748. The van der Waals surface area contributed by atoms with E-state index in [-0.39, 0.29) is 18.4 Å². The van der Waals surface area contributed by atoms with Gasteiger partial charge in [0.25, 0.3) is 0 Å². The first-order valence-electron chi connectivity index (χ1n) is 7.49. The van der Waals surface area contributed by atoms with Crippen LogP contribution < -0.4 is 20.5 Å². The average molecular weight is 290 g/mol. The number of primary amides is 1. The van der Waals surface area contributed by atoms with Crippen LogP contribution in [0.4, 0.5) is 0 Å². The van der Waals surface area contributed by atoms with E-state index in [1.54, 1.807) is 7.11 Å². The number of para-hydroxylation sites is 2. The van der Waals surface area contributed by atoms with Gasteiger partial charge in [-0.2, -0.15) is 0 Å². The number of methoxy groups -OCH3 is 1. The molecule has 5 heteroatoms. The highest BCUT2D eigenvalue weighted by atomic mass is 16.5. The Morgan fingerprint density at radius 1 is 1.29 bits per heavy atom. The van der Waals surface area contributed by atoms with Crippen LogP contribution in [0.2, 0.25) is 0 Å². The van der Waals surface area contributed by atoms with Gasteiger partial charge in [-0.15, -0.1) is 0 Å². The monoisotopic (exact) mass is 290 g/mol. The molecule has 2 aliphatic carbocycles. The maximum atomic E-state index is 12.1. The SMILES string of the molecule is COc1ccccc1OCC(NC1CC1)(C(N)=O)C1CC1. The molecule has 21 heavy (non-hydrogen) atoms. The molecular weight excluding hydrogens is 268 g/mol. The second-order valence-electron chi connectivity index (χ2n) is 5.97. The van der Waals surface area contributed by atoms with Crippen LogP contribution in [0.15, 0.2) is 24.3 Å². The quantitative estimate of drug-likeness (QED) is 0.760. The summed E-state index contributed by atoms with van der Waals surface area (Å²) in [5, 5.41) is 3.43. The lowest BCUT2D eigenvalue weighted by Crippen LogP contribution is -2.61. The van der Waals surface area contributed by atoms with Crippen LogP contribution in [0, 0.1) is 5.92 Å². The van der Waals surface area contributed by atoms with E-state index in [4.69, 9.17) is 15.2 Å². The number of ether oxygens (including phenoxy) is 2. The van der Waals surface area contributed by atoms with E-state index in [1.807, 2.05) is 24.3 Å². The highest BCUT2D eigenvalue weighted by molar-refractivity contribution is 5.86. The van der Waals surface area contributed by atoms with Crippen molar-refractivity contribution in [1.82, 2.24) is 5.32 Å². The van der Waals surface area contributed by atoms with Crippen LogP contribution >= 0.6 is 0 Å². The van der Waals surface area contributed by atoms with Gasteiger partial charge in [-0.25, -0.2) is 0 Å². The number of nitrogens with one attached hydrogen (secondary N) is 1. The van der Waals surface area contributed by atoms with E-state index in [1.165, 1.54) is 0 Å². The zero-order valence-electron chi connectivity index (χ0n) is 12.3. The highest BCUT2D eigenvalue weighted by Crippen LogP contribution is 2.42. The van der Waals surface area contributed by atoms with Gasteiger partial charge in [0.05, 0.1) is 7.11 Å². The minimum absolute atomic E-state index is 0.254. The number of amides is 1. The third kappa shape index (κ3) is 2.97. The normalized spacial score (nSPS) is 20.6. The molecule has 3 rings (SSSR count). The molecule has 0 aromatic heterocycles. The van der Waals surface area contributed by atoms with E-state index in [0.29, 0.717) is 17.5 Å². The van der Waals surface area contributed by atoms with Gasteiger partial charge in [0, 0.05) is 6.04 Å². The van der Waals surface area contributed by atoms with E-state index in [9.17, 15) is 4.79 Å². The van der Waals surface area contributed by atoms with Crippen molar-refractivity contribution in [2.24, 2.45) is 11.7 Å². The molecule has 3 N–H and O–H groups in total. The zero-order valence-corrected chi connectivity index (χ0v) is 12.3. The molecule has 0 saturated heterocycles. The van der Waals surface area contributed by atoms with Gasteiger partial charge in [0.15, 0.2) is 11.5 Å². The van der Waals surface area contributed by atoms with Crippen LogP contribution in [0.1, 0.15) is 25.7 Å². The van der Waals surface area contributed by atoms with Crippen molar-refractivity contribution in [3.8, 4) is 11.5 Å². The molecule has 2 fully saturated rings. The van der Waals surface area contributed by atoms with Crippen molar-refractivity contribution in [2.75, 3.05) is 13.7 Å². The van der Waals surface area contributed by atoms with Gasteiger partial charge in [0.1, 0.15) is 12.1 Å². The molecule has 5 nitrogen and oxygen atoms in total. The number of hydrogen-bond donors (Lipinski definition) is 2. The first-order chi connectivity index (χ1) is 10.2. The van der Waals surface area contributed by atoms with Crippen LogP contribution in [-0.4, -0.2) is 31.2 Å². The van der Waals surface area contributed by atoms with Crippen molar-refractivity contribution in [3.05, 3.63) is 24.3 Å². The predicted octanol–water partition coefficient (Wildman–Crippen LogP) is 1.46. The fourth-order valence-corrected chi connectivity index (χ4v) is 2.72. The number of hydrogen-bond acceptors (Lipinski definition) is 4. The summed E-state index contributed by atoms with van der Waals surface area (Å²) in [5.74, 6) is 1.28. The lowest BCUT2D eigenvalue weighted by atomic mass is 9.93. The largest absolute Gasteiger partial charge is 0.493 e. The Bertz CT molecular complexity index is 526. The average Bonchev–Trinajstić information content (AvgIpc) is 3.36. The Labute approximate surface area is 124 Å². The summed E-state index contributed by atoms with van der Waals surface area (Å²) in [6.07, 6.45) is 4.27. The summed E-state index contributed by atoms with van der Waals surface area (Å²) in [6, 6.07) is 7.85. The van der Waals surface area contributed by atoms with E-state index in [2.05, 4.69) is 5.32 Å². The molecule has 1 aromatic carbocycles. The Morgan fingerprint density at radius 3 is 2.48 bits per heavy atom. The Hall–Kier alpha value is -1.75. The van der Waals surface area contributed by atoms with Crippen LogP contribution in [0.3, 0.4) is 0 Å². The number of benzene rings is 1. The summed E-state index contributed by atoms with van der Waals surface area (Å²) < 4.78 is 11.2. The van der Waals surface area contributed by atoms with E-state index in [0.717, 1.165) is 25.7 Å². The van der Waals surface area contributed by atoms with Gasteiger partial charge >= 0.3 is 0 Å². The van der Waals surface area contributed by atoms with Crippen molar-refractivity contribution >= 4 is 5.91 Å². The van der Waals surface area contributed by atoms with Crippen molar-refractivity contribution < 1.29 is 14.3 Å². The molecule has 0 bridgehead atoms. The Balaban J connectivity index is 1.76. The maximum Gasteiger partial charge on any atom is 0.241 e. The number of nitrogens with two attached hydrogens (primary N) is 1. The Morgan fingerprint density at radius 2 is 1.95 bits per heavy atom. The number of rotatable bonds is 8. The molecule has 1 atom stereocenters. The molecule has 1 unspecified atom stereocenters. The second kappa shape index (κ2) is 5.56. The number of carbonyl (C=O) groups is 1. The lowest BCUT2D eigenvalue weighted by Gasteiger charge is -2.32. The first-order valence-corrected chi connectivity index (χ1v) is 7.49. The van der Waals surface area contributed by atoms with Gasteiger partial charge in [-0.05, 0) is 43.7 Å². The second-order valence-corrected chi connectivity index (χ2v) is 5.97. The van der Waals surface area contributed by atoms with Gasteiger partial charge in [-0.3, -0.25) is 10.1 Å². The van der Waals surface area contributed by atoms with Crippen LogP contribution in [0.5, 0.6) is 11.5 Å². The highest BCUT2D eigenvalue weighted by Gasteiger charge is 2.52. The summed E-state index contributed by atoms with van der Waals surface area (Å²) in [4.78, 5) is 12.1. The third-order valence-corrected chi connectivity index (χ3v) is 4.28. The molecule has 2 aliphatic rings. The standard InChI is InChI=1S/C16H22N2O3/c1-20-13-4-2-3-5-14(13)21-10-16(15(17)19,11-6-7-11)18-12-8-9-12/h2-5,11-12,18H,6-10H2,1H3,(H2,17,19). The molecule has 0 heterocycles. The smallest absolute Gasteiger partial charge is 0.241 e. The predicted molar refractivity (Wildman–Crippen MR) is 79.3 cm³/mol. The fraction of sp³-hybridized carbons (Fsp3) is 0.562. The molecule has 1 amide bonds. The molecule has 0 aliphatic heterocycles. The lowest BCUT2D eigenvalue weighted by molar-refractivity contribution is -0.126. The van der Waals surface area contributed by atoms with Crippen molar-refractivity contribution in [1.29, 1.82) is 0 Å². The molecule has 1 aromatic rings. The number of carbonyl (C=O) groups excluding carboxylic acids is 1. The fourth-order valence-electron chi connectivity index (χ4n) is 2.72. The summed E-state index contributed by atoms with van der Waals surface area (Å²) >= 11 is 0. The van der Waals surface area contributed by atoms with Gasteiger partial charge in [-0.1, -0.05) is 12.1 Å². The minimum Gasteiger partial charge on any atom is -0.493 e. The summed E-state index contributed by atoms with van der Waals surface area (Å²) in [6.45, 7) is 0.254. The van der Waals surface area contributed by atoms with E-state index >= 15 is 0 Å². The maximum absolute atomic E-state index is 12.1. The molecule has 2 saturated carbocycles. The molecular formula is C16H22N2O3. The molecule has 0 radical (unpaired) electrons. The molecule has 0 spiro atoms. The third-order valence-electron chi connectivity index (χ3n) is 4.28. The Kier molecular flexibility index (Phi) is 3.76. The van der Waals surface area contributed by atoms with Gasteiger partial charge in [0.2, 0.25) is 5.91 Å². The first kappa shape index (κ1) is 14.2. The summed E-state index contributed by atoms with van der Waals surface area (Å²) in [5.41, 5.74) is 4.96. The van der Waals surface area contributed by atoms with Crippen LogP contribution in [0.25, 0.3) is 0 Å². The topological polar surface area (TPSA) is 73.6 Å². The van der Waals surface area contributed by atoms with Gasteiger partial charge < -0.3 is 15.2 Å². The van der Waals surface area contributed by atoms with E-state index < -0.39 is 5.54 Å². The van der Waals surface area contributed by atoms with Crippen LogP contribution in [-0.2, 0) is 4.79 Å². The van der Waals surface area contributed by atoms with Crippen molar-refractivity contribution in [3.63, 3.8) is 0 Å².